The monoisotopic (exact) mass is 233 g/mol. The number of rotatable bonds is 2. The fourth-order valence-electron chi connectivity index (χ4n) is 2.08. The topological polar surface area (TPSA) is 42.1 Å². The molecule has 1 aliphatic rings. The molecule has 0 saturated heterocycles. The molecular weight excluding hydrogens is 221 g/mol. The maximum atomic E-state index is 13.3. The minimum atomic E-state index is -0.459. The van der Waals surface area contributed by atoms with Crippen LogP contribution in [0.5, 0.6) is 5.75 Å². The number of hydrogen-bond acceptors (Lipinski definition) is 2. The lowest BCUT2D eigenvalue weighted by atomic mass is 10.1. The van der Waals surface area contributed by atoms with Crippen molar-refractivity contribution in [2.45, 2.75) is 18.8 Å². The Morgan fingerprint density at radius 3 is 2.76 bits per heavy atom. The second-order valence-electron chi connectivity index (χ2n) is 4.39. The van der Waals surface area contributed by atoms with E-state index in [1.165, 1.54) is 19.2 Å². The summed E-state index contributed by atoms with van der Waals surface area (Å²) in [4.78, 5) is 15.1. The predicted molar refractivity (Wildman–Crippen MR) is 63.1 cm³/mol. The Morgan fingerprint density at radius 2 is 2.12 bits per heavy atom. The summed E-state index contributed by atoms with van der Waals surface area (Å²) in [5, 5.41) is 0.339. The quantitative estimate of drug-likeness (QED) is 0.866. The van der Waals surface area contributed by atoms with Crippen molar-refractivity contribution in [3.05, 3.63) is 39.9 Å². The van der Waals surface area contributed by atoms with Crippen molar-refractivity contribution in [2.75, 3.05) is 7.11 Å². The first kappa shape index (κ1) is 10.3. The van der Waals surface area contributed by atoms with Gasteiger partial charge in [0.25, 0.3) is 0 Å². The van der Waals surface area contributed by atoms with Crippen LogP contribution in [0.3, 0.4) is 0 Å². The van der Waals surface area contributed by atoms with Crippen molar-refractivity contribution in [3.63, 3.8) is 0 Å². The molecule has 3 nitrogen and oxygen atoms in total. The zero-order valence-electron chi connectivity index (χ0n) is 9.42. The van der Waals surface area contributed by atoms with Gasteiger partial charge in [-0.1, -0.05) is 0 Å². The molecule has 17 heavy (non-hydrogen) atoms. The highest BCUT2D eigenvalue weighted by atomic mass is 19.1. The molecule has 1 aromatic heterocycles. The maximum absolute atomic E-state index is 13.3. The van der Waals surface area contributed by atoms with E-state index in [4.69, 9.17) is 4.74 Å². The van der Waals surface area contributed by atoms with Gasteiger partial charge in [-0.2, -0.15) is 0 Å². The van der Waals surface area contributed by atoms with E-state index in [0.717, 1.165) is 18.5 Å². The van der Waals surface area contributed by atoms with E-state index in [1.54, 1.807) is 6.07 Å². The van der Waals surface area contributed by atoms with E-state index in [1.807, 2.05) is 0 Å². The molecule has 1 saturated carbocycles. The van der Waals surface area contributed by atoms with Crippen LogP contribution in [-0.4, -0.2) is 12.1 Å². The number of benzene rings is 1. The second kappa shape index (κ2) is 3.58. The molecule has 0 spiro atoms. The van der Waals surface area contributed by atoms with Crippen LogP contribution < -0.4 is 10.2 Å². The van der Waals surface area contributed by atoms with Crippen molar-refractivity contribution in [1.29, 1.82) is 0 Å². The Morgan fingerprint density at radius 1 is 1.35 bits per heavy atom. The molecule has 1 aromatic carbocycles. The summed E-state index contributed by atoms with van der Waals surface area (Å²) >= 11 is 0. The van der Waals surface area contributed by atoms with Gasteiger partial charge >= 0.3 is 0 Å². The lowest BCUT2D eigenvalue weighted by Gasteiger charge is -2.07. The average Bonchev–Trinajstić information content (AvgIpc) is 3.12. The molecule has 0 bridgehead atoms. The van der Waals surface area contributed by atoms with Gasteiger partial charge in [-0.15, -0.1) is 0 Å². The van der Waals surface area contributed by atoms with Gasteiger partial charge in [0.15, 0.2) is 5.43 Å². The Kier molecular flexibility index (Phi) is 2.18. The summed E-state index contributed by atoms with van der Waals surface area (Å²) < 4.78 is 18.4. The summed E-state index contributed by atoms with van der Waals surface area (Å²) in [5.41, 5.74) is 1.36. The van der Waals surface area contributed by atoms with Crippen LogP contribution in [0.4, 0.5) is 4.39 Å². The van der Waals surface area contributed by atoms with Crippen molar-refractivity contribution in [1.82, 2.24) is 4.98 Å². The SMILES string of the molecule is COc1cc(F)cc2c(=O)cc(C3CC3)[nH]c12. The van der Waals surface area contributed by atoms with E-state index in [9.17, 15) is 9.18 Å². The standard InChI is InChI=1S/C13H12FNO2/c1-17-12-5-8(14)4-9-11(16)6-10(7-2-3-7)15-13(9)12/h4-7H,2-3H2,1H3,(H,15,16). The molecule has 1 heterocycles. The third kappa shape index (κ3) is 1.69. The molecule has 3 rings (SSSR count). The molecule has 0 atom stereocenters. The number of fused-ring (bicyclic) bond motifs is 1. The number of halogens is 1. The van der Waals surface area contributed by atoms with Gasteiger partial charge < -0.3 is 9.72 Å². The molecule has 0 amide bonds. The molecule has 0 aliphatic heterocycles. The second-order valence-corrected chi connectivity index (χ2v) is 4.39. The number of ether oxygens (including phenoxy) is 1. The smallest absolute Gasteiger partial charge is 0.189 e. The number of nitrogens with one attached hydrogen (secondary N) is 1. The summed E-state index contributed by atoms with van der Waals surface area (Å²) in [7, 11) is 1.47. The van der Waals surface area contributed by atoms with E-state index >= 15 is 0 Å². The minimum absolute atomic E-state index is 0.154. The van der Waals surface area contributed by atoms with E-state index in [2.05, 4.69) is 4.98 Å². The Labute approximate surface area is 97.2 Å². The number of hydrogen-bond donors (Lipinski definition) is 1. The number of aromatic nitrogens is 1. The largest absolute Gasteiger partial charge is 0.494 e. The molecule has 1 aliphatic carbocycles. The first-order valence-corrected chi connectivity index (χ1v) is 5.59. The highest BCUT2D eigenvalue weighted by Gasteiger charge is 2.25. The molecule has 2 aromatic rings. The average molecular weight is 233 g/mol. The van der Waals surface area contributed by atoms with Gasteiger partial charge in [-0.3, -0.25) is 4.79 Å². The summed E-state index contributed by atoms with van der Waals surface area (Å²) in [6, 6.07) is 4.10. The Balaban J connectivity index is 2.35. The van der Waals surface area contributed by atoms with Crippen molar-refractivity contribution in [3.8, 4) is 5.75 Å². The molecular formula is C13H12FNO2. The molecule has 1 fully saturated rings. The van der Waals surface area contributed by atoms with Gasteiger partial charge in [0.2, 0.25) is 0 Å². The zero-order valence-corrected chi connectivity index (χ0v) is 9.42. The molecule has 1 N–H and O–H groups in total. The van der Waals surface area contributed by atoms with Gasteiger partial charge in [-0.25, -0.2) is 4.39 Å². The lowest BCUT2D eigenvalue weighted by molar-refractivity contribution is 0.415. The molecule has 0 radical (unpaired) electrons. The van der Waals surface area contributed by atoms with Gasteiger partial charge in [0.1, 0.15) is 11.6 Å². The van der Waals surface area contributed by atoms with Gasteiger partial charge in [0.05, 0.1) is 18.0 Å². The van der Waals surface area contributed by atoms with Crippen LogP contribution in [0.25, 0.3) is 10.9 Å². The van der Waals surface area contributed by atoms with Crippen LogP contribution >= 0.6 is 0 Å². The summed E-state index contributed by atoms with van der Waals surface area (Å²) in [6.45, 7) is 0. The van der Waals surface area contributed by atoms with Crippen LogP contribution in [0, 0.1) is 5.82 Å². The van der Waals surface area contributed by atoms with Crippen molar-refractivity contribution >= 4 is 10.9 Å². The van der Waals surface area contributed by atoms with Crippen LogP contribution in [-0.2, 0) is 0 Å². The van der Waals surface area contributed by atoms with Crippen LogP contribution in [0.15, 0.2) is 23.0 Å². The van der Waals surface area contributed by atoms with E-state index in [0.29, 0.717) is 22.6 Å². The van der Waals surface area contributed by atoms with E-state index < -0.39 is 5.82 Å². The number of aromatic amines is 1. The van der Waals surface area contributed by atoms with Crippen molar-refractivity contribution < 1.29 is 9.13 Å². The highest BCUT2D eigenvalue weighted by Crippen LogP contribution is 2.39. The molecule has 0 unspecified atom stereocenters. The van der Waals surface area contributed by atoms with Crippen LogP contribution in [0.2, 0.25) is 0 Å². The maximum Gasteiger partial charge on any atom is 0.189 e. The first-order valence-electron chi connectivity index (χ1n) is 5.59. The number of H-pyrrole nitrogens is 1. The Bertz CT molecular complexity index is 644. The predicted octanol–water partition coefficient (Wildman–Crippen LogP) is 2.55. The molecule has 4 heteroatoms. The molecule has 88 valence electrons. The normalized spacial score (nSPS) is 15.2. The van der Waals surface area contributed by atoms with E-state index in [-0.39, 0.29) is 5.43 Å². The number of pyridine rings is 1. The third-order valence-corrected chi connectivity index (χ3v) is 3.13. The minimum Gasteiger partial charge on any atom is -0.494 e. The highest BCUT2D eigenvalue weighted by molar-refractivity contribution is 5.84. The van der Waals surface area contributed by atoms with Gasteiger partial charge in [-0.05, 0) is 24.8 Å². The van der Waals surface area contributed by atoms with Gasteiger partial charge in [0, 0.05) is 17.8 Å². The summed E-state index contributed by atoms with van der Waals surface area (Å²) in [5.74, 6) is 0.362. The summed E-state index contributed by atoms with van der Waals surface area (Å²) in [6.07, 6.45) is 2.20. The zero-order chi connectivity index (χ0) is 12.0. The fourth-order valence-corrected chi connectivity index (χ4v) is 2.08. The lowest BCUT2D eigenvalue weighted by Crippen LogP contribution is -2.06. The third-order valence-electron chi connectivity index (χ3n) is 3.13. The number of methoxy groups -OCH3 is 1. The van der Waals surface area contributed by atoms with Crippen molar-refractivity contribution in [2.24, 2.45) is 0 Å². The fraction of sp³-hybridized carbons (Fsp3) is 0.308. The van der Waals surface area contributed by atoms with Crippen LogP contribution in [0.1, 0.15) is 24.5 Å². The first-order chi connectivity index (χ1) is 8.19. The Hall–Kier alpha value is -1.84.